The van der Waals surface area contributed by atoms with Crippen LogP contribution in [0.4, 0.5) is 11.4 Å². The Hall–Kier alpha value is -0.930. The average molecular weight is 225 g/mol. The molecule has 15 heavy (non-hydrogen) atoms. The molecular weight excluding hydrogens is 212 g/mol. The van der Waals surface area contributed by atoms with Crippen molar-refractivity contribution in [2.75, 3.05) is 23.7 Å². The van der Waals surface area contributed by atoms with Gasteiger partial charge in [-0.1, -0.05) is 11.6 Å². The van der Waals surface area contributed by atoms with Crippen molar-refractivity contribution in [2.24, 2.45) is 0 Å². The highest BCUT2D eigenvalue weighted by atomic mass is 35.5. The Morgan fingerprint density at radius 3 is 2.67 bits per heavy atom. The number of halogens is 1. The molecule has 3 saturated heterocycles. The highest BCUT2D eigenvalue weighted by Gasteiger charge is 2.38. The van der Waals surface area contributed by atoms with Crippen LogP contribution < -0.4 is 10.6 Å². The maximum atomic E-state index is 6.15. The van der Waals surface area contributed by atoms with Gasteiger partial charge in [-0.3, -0.25) is 0 Å². The zero-order chi connectivity index (χ0) is 10.4. The van der Waals surface area contributed by atoms with Crippen LogP contribution in [0.5, 0.6) is 0 Å². The Morgan fingerprint density at radius 1 is 1.33 bits per heavy atom. The molecule has 2 N–H and O–H groups in total. The van der Waals surface area contributed by atoms with Crippen LogP contribution in [0.1, 0.15) is 6.42 Å². The number of piperidine rings is 1. The van der Waals surface area contributed by atoms with E-state index >= 15 is 0 Å². The number of hydrogen-bond donors (Lipinski definition) is 1. The molecule has 3 fully saturated rings. The Morgan fingerprint density at radius 2 is 2.00 bits per heavy atom. The number of nitrogen functional groups attached to an aromatic ring is 1. The van der Waals surface area contributed by atoms with Gasteiger partial charge in [0.1, 0.15) is 0 Å². The van der Waals surface area contributed by atoms with Gasteiger partial charge >= 0.3 is 0 Å². The maximum absolute atomic E-state index is 6.15. The second-order valence-electron chi connectivity index (χ2n) is 4.23. The molecule has 0 aromatic heterocycles. The number of nitrogens with zero attached hydrogens (tertiary/aromatic N) is 1. The van der Waals surface area contributed by atoms with Crippen molar-refractivity contribution in [1.82, 2.24) is 0 Å². The molecule has 4 rings (SSSR count). The fourth-order valence-electron chi connectivity index (χ4n) is 2.32. The quantitative estimate of drug-likeness (QED) is 0.741. The molecule has 0 amide bonds. The highest BCUT2D eigenvalue weighted by molar-refractivity contribution is 6.33. The Bertz CT molecular complexity index is 380. The van der Waals surface area contributed by atoms with E-state index in [0.29, 0.717) is 12.2 Å². The molecule has 3 heterocycles. The van der Waals surface area contributed by atoms with Gasteiger partial charge in [0.05, 0.1) is 22.9 Å². The zero-order valence-electron chi connectivity index (χ0n) is 8.32. The number of ether oxygens (including phenoxy) is 1. The summed E-state index contributed by atoms with van der Waals surface area (Å²) in [6.45, 7) is 1.86. The van der Waals surface area contributed by atoms with Crippen molar-refractivity contribution >= 4 is 23.0 Å². The number of nitrogens with two attached hydrogens (primary N) is 1. The van der Waals surface area contributed by atoms with Gasteiger partial charge in [-0.2, -0.15) is 0 Å². The van der Waals surface area contributed by atoms with Gasteiger partial charge in [0.25, 0.3) is 0 Å². The summed E-state index contributed by atoms with van der Waals surface area (Å²) in [7, 11) is 0. The molecule has 0 saturated carbocycles. The molecule has 0 radical (unpaired) electrons. The summed E-state index contributed by atoms with van der Waals surface area (Å²) < 4.78 is 5.58. The summed E-state index contributed by atoms with van der Waals surface area (Å²) in [6.07, 6.45) is 1.97. The van der Waals surface area contributed by atoms with E-state index in [-0.39, 0.29) is 0 Å². The normalized spacial score (nSPS) is 28.7. The zero-order valence-corrected chi connectivity index (χ0v) is 9.07. The molecule has 0 aliphatic carbocycles. The first-order chi connectivity index (χ1) is 7.22. The van der Waals surface area contributed by atoms with Crippen LogP contribution >= 0.6 is 11.6 Å². The van der Waals surface area contributed by atoms with E-state index in [1.165, 1.54) is 6.42 Å². The van der Waals surface area contributed by atoms with E-state index in [0.717, 1.165) is 29.5 Å². The van der Waals surface area contributed by atoms with E-state index < -0.39 is 0 Å². The topological polar surface area (TPSA) is 38.5 Å². The van der Waals surface area contributed by atoms with Crippen molar-refractivity contribution < 1.29 is 4.74 Å². The lowest BCUT2D eigenvalue weighted by Gasteiger charge is -2.48. The molecule has 3 nitrogen and oxygen atoms in total. The lowest BCUT2D eigenvalue weighted by atomic mass is 9.98. The lowest BCUT2D eigenvalue weighted by molar-refractivity contribution is -0.133. The minimum atomic E-state index is 0.390. The monoisotopic (exact) mass is 224 g/mol. The number of hydrogen-bond acceptors (Lipinski definition) is 3. The Kier molecular flexibility index (Phi) is 2.04. The van der Waals surface area contributed by atoms with Crippen LogP contribution in [-0.4, -0.2) is 25.3 Å². The summed E-state index contributed by atoms with van der Waals surface area (Å²) in [5.74, 6) is 0. The molecule has 80 valence electrons. The van der Waals surface area contributed by atoms with E-state index in [2.05, 4.69) is 4.90 Å². The van der Waals surface area contributed by atoms with Crippen LogP contribution in [0.15, 0.2) is 18.2 Å². The molecule has 4 heteroatoms. The smallest absolute Gasteiger partial charge is 0.0780 e. The van der Waals surface area contributed by atoms with Crippen molar-refractivity contribution in [1.29, 1.82) is 0 Å². The van der Waals surface area contributed by atoms with Gasteiger partial charge in [-0.25, -0.2) is 0 Å². The number of morpholine rings is 1. The second kappa shape index (κ2) is 3.29. The predicted octanol–water partition coefficient (Wildman–Crippen LogP) is 1.90. The Balaban J connectivity index is 1.88. The van der Waals surface area contributed by atoms with E-state index in [9.17, 15) is 0 Å². The van der Waals surface area contributed by atoms with Gasteiger partial charge in [0, 0.05) is 25.2 Å². The first kappa shape index (κ1) is 9.31. The molecule has 2 unspecified atom stereocenters. The molecular formula is C11H13ClN2O. The third-order valence-electron chi connectivity index (χ3n) is 3.07. The van der Waals surface area contributed by atoms with Crippen LogP contribution in [0.3, 0.4) is 0 Å². The van der Waals surface area contributed by atoms with Crippen LogP contribution in [0.2, 0.25) is 5.02 Å². The van der Waals surface area contributed by atoms with Gasteiger partial charge in [0.15, 0.2) is 0 Å². The first-order valence-corrected chi connectivity index (χ1v) is 5.55. The lowest BCUT2D eigenvalue weighted by Crippen LogP contribution is -2.57. The van der Waals surface area contributed by atoms with Crippen LogP contribution in [0, 0.1) is 0 Å². The van der Waals surface area contributed by atoms with Gasteiger partial charge in [-0.15, -0.1) is 0 Å². The summed E-state index contributed by atoms with van der Waals surface area (Å²) in [5, 5.41) is 0.769. The van der Waals surface area contributed by atoms with Crippen molar-refractivity contribution in [3.63, 3.8) is 0 Å². The molecule has 2 atom stereocenters. The fraction of sp³-hybridized carbons (Fsp3) is 0.455. The number of rotatable bonds is 1. The molecule has 1 aromatic carbocycles. The third-order valence-corrected chi connectivity index (χ3v) is 3.39. The summed E-state index contributed by atoms with van der Waals surface area (Å²) >= 11 is 6.15. The van der Waals surface area contributed by atoms with Gasteiger partial charge in [-0.05, 0) is 18.2 Å². The molecule has 0 spiro atoms. The van der Waals surface area contributed by atoms with Crippen LogP contribution in [-0.2, 0) is 4.74 Å². The summed E-state index contributed by atoms with van der Waals surface area (Å²) in [5.41, 5.74) is 7.56. The van der Waals surface area contributed by atoms with E-state index in [1.54, 1.807) is 0 Å². The molecule has 3 aliphatic rings. The minimum Gasteiger partial charge on any atom is -0.399 e. The third kappa shape index (κ3) is 1.56. The fourth-order valence-corrected chi connectivity index (χ4v) is 2.56. The van der Waals surface area contributed by atoms with E-state index in [1.807, 2.05) is 18.2 Å². The van der Waals surface area contributed by atoms with Crippen molar-refractivity contribution in [3.8, 4) is 0 Å². The van der Waals surface area contributed by atoms with E-state index in [4.69, 9.17) is 22.1 Å². The Labute approximate surface area is 93.8 Å². The largest absolute Gasteiger partial charge is 0.399 e. The average Bonchev–Trinajstić information content (AvgIpc) is 2.21. The standard InChI is InChI=1S/C11H13ClN2O/c12-10-2-1-7(13)3-11(10)14-5-8-4-9(6-14)15-8/h1-3,8-9H,4-6,13H2. The first-order valence-electron chi connectivity index (χ1n) is 5.18. The molecule has 3 aliphatic heterocycles. The number of fused-ring (bicyclic) bond motifs is 2. The van der Waals surface area contributed by atoms with Gasteiger partial charge < -0.3 is 15.4 Å². The SMILES string of the molecule is Nc1ccc(Cl)c(N2CC3CC(C2)O3)c1. The minimum absolute atomic E-state index is 0.390. The number of benzene rings is 1. The maximum Gasteiger partial charge on any atom is 0.0780 e. The predicted molar refractivity (Wildman–Crippen MR) is 61.4 cm³/mol. The number of anilines is 2. The second-order valence-corrected chi connectivity index (χ2v) is 4.64. The highest BCUT2D eigenvalue weighted by Crippen LogP contribution is 2.35. The van der Waals surface area contributed by atoms with Crippen molar-refractivity contribution in [2.45, 2.75) is 18.6 Å². The van der Waals surface area contributed by atoms with Crippen molar-refractivity contribution in [3.05, 3.63) is 23.2 Å². The van der Waals surface area contributed by atoms with Gasteiger partial charge in [0.2, 0.25) is 0 Å². The summed E-state index contributed by atoms with van der Waals surface area (Å²) in [6, 6.07) is 5.62. The molecule has 2 bridgehead atoms. The van der Waals surface area contributed by atoms with Crippen LogP contribution in [0.25, 0.3) is 0 Å². The molecule has 1 aromatic rings. The summed E-state index contributed by atoms with van der Waals surface area (Å²) in [4.78, 5) is 2.26.